The van der Waals surface area contributed by atoms with E-state index in [-0.39, 0.29) is 36.0 Å². The van der Waals surface area contributed by atoms with Crippen LogP contribution >= 0.6 is 0 Å². The fraction of sp³-hybridized carbons (Fsp3) is 0.636. The summed E-state index contributed by atoms with van der Waals surface area (Å²) < 4.78 is 27.5. The van der Waals surface area contributed by atoms with E-state index in [9.17, 15) is 18.0 Å². The van der Waals surface area contributed by atoms with Crippen molar-refractivity contribution in [1.82, 2.24) is 19.4 Å². The van der Waals surface area contributed by atoms with Gasteiger partial charge < -0.3 is 15.1 Å². The Morgan fingerprint density at radius 3 is 2.10 bits per heavy atom. The Labute approximate surface area is 185 Å². The molecule has 0 spiro atoms. The van der Waals surface area contributed by atoms with Crippen molar-refractivity contribution in [2.75, 3.05) is 39.3 Å². The minimum absolute atomic E-state index is 0.0942. The number of sulfonamides is 1. The molecule has 8 nitrogen and oxygen atoms in total. The Morgan fingerprint density at radius 1 is 0.968 bits per heavy atom. The molecule has 0 bridgehead atoms. The molecule has 31 heavy (non-hydrogen) atoms. The van der Waals surface area contributed by atoms with Crippen LogP contribution in [0.1, 0.15) is 56.3 Å². The monoisotopic (exact) mass is 450 g/mol. The Morgan fingerprint density at radius 2 is 1.55 bits per heavy atom. The zero-order valence-corrected chi connectivity index (χ0v) is 19.4. The minimum atomic E-state index is -3.66. The molecule has 1 saturated heterocycles. The van der Waals surface area contributed by atoms with E-state index in [1.54, 1.807) is 21.9 Å². The number of urea groups is 1. The highest BCUT2D eigenvalue weighted by molar-refractivity contribution is 7.89. The third-order valence-corrected chi connectivity index (χ3v) is 8.16. The lowest BCUT2D eigenvalue weighted by Crippen LogP contribution is -2.54. The Bertz CT molecular complexity index is 854. The van der Waals surface area contributed by atoms with E-state index >= 15 is 0 Å². The van der Waals surface area contributed by atoms with Gasteiger partial charge in [-0.3, -0.25) is 4.79 Å². The summed E-state index contributed by atoms with van der Waals surface area (Å²) >= 11 is 0. The minimum Gasteiger partial charge on any atom is -0.339 e. The molecule has 1 aromatic carbocycles. The average molecular weight is 451 g/mol. The third-order valence-electron chi connectivity index (χ3n) is 6.25. The standard InChI is InChI=1S/C22H34N4O4S/c1-3-24(4-2)21(27)18-10-12-20(13-11-18)31(29,30)26-16-14-25(15-17-26)22(28)23-19-8-6-5-7-9-19/h10-13,19H,3-9,14-17H2,1-2H3,(H,23,28). The molecule has 0 atom stereocenters. The van der Waals surface area contributed by atoms with Crippen LogP contribution in [0.4, 0.5) is 4.79 Å². The van der Waals surface area contributed by atoms with E-state index in [4.69, 9.17) is 0 Å². The molecule has 1 aromatic rings. The summed E-state index contributed by atoms with van der Waals surface area (Å²) in [7, 11) is -3.66. The molecule has 2 aliphatic rings. The number of carbonyl (C=O) groups is 2. The zero-order valence-electron chi connectivity index (χ0n) is 18.5. The van der Waals surface area contributed by atoms with E-state index in [1.165, 1.54) is 22.9 Å². The summed E-state index contributed by atoms with van der Waals surface area (Å²) in [6.07, 6.45) is 5.57. The smallest absolute Gasteiger partial charge is 0.317 e. The normalized spacial score (nSPS) is 18.6. The van der Waals surface area contributed by atoms with Crippen LogP contribution in [0, 0.1) is 0 Å². The van der Waals surface area contributed by atoms with Crippen molar-refractivity contribution < 1.29 is 18.0 Å². The maximum absolute atomic E-state index is 13.0. The summed E-state index contributed by atoms with van der Waals surface area (Å²) in [4.78, 5) is 28.5. The second kappa shape index (κ2) is 10.5. The van der Waals surface area contributed by atoms with Gasteiger partial charge in [-0.1, -0.05) is 19.3 Å². The summed E-state index contributed by atoms with van der Waals surface area (Å²) in [5.41, 5.74) is 0.479. The van der Waals surface area contributed by atoms with Gasteiger partial charge >= 0.3 is 6.03 Å². The van der Waals surface area contributed by atoms with Gasteiger partial charge in [0.25, 0.3) is 5.91 Å². The summed E-state index contributed by atoms with van der Waals surface area (Å²) in [6.45, 7) is 6.31. The Kier molecular flexibility index (Phi) is 7.94. The third kappa shape index (κ3) is 5.57. The quantitative estimate of drug-likeness (QED) is 0.721. The maximum Gasteiger partial charge on any atom is 0.317 e. The van der Waals surface area contributed by atoms with Gasteiger partial charge in [0, 0.05) is 50.9 Å². The first-order chi connectivity index (χ1) is 14.9. The molecule has 172 valence electrons. The van der Waals surface area contributed by atoms with Gasteiger partial charge in [-0.2, -0.15) is 4.31 Å². The number of hydrogen-bond donors (Lipinski definition) is 1. The van der Waals surface area contributed by atoms with E-state index in [0.29, 0.717) is 31.7 Å². The Hall–Kier alpha value is -2.13. The highest BCUT2D eigenvalue weighted by atomic mass is 32.2. The van der Waals surface area contributed by atoms with E-state index in [2.05, 4.69) is 5.32 Å². The van der Waals surface area contributed by atoms with Gasteiger partial charge in [-0.25, -0.2) is 13.2 Å². The first kappa shape index (κ1) is 23.5. The molecule has 1 aliphatic heterocycles. The van der Waals surface area contributed by atoms with E-state index < -0.39 is 10.0 Å². The fourth-order valence-electron chi connectivity index (χ4n) is 4.26. The van der Waals surface area contributed by atoms with Crippen LogP contribution < -0.4 is 5.32 Å². The molecule has 3 amide bonds. The number of nitrogens with zero attached hydrogens (tertiary/aromatic N) is 3. The van der Waals surface area contributed by atoms with Crippen LogP contribution in [-0.4, -0.2) is 79.8 Å². The predicted molar refractivity (Wildman–Crippen MR) is 119 cm³/mol. The van der Waals surface area contributed by atoms with Gasteiger partial charge in [0.05, 0.1) is 4.90 Å². The lowest BCUT2D eigenvalue weighted by molar-refractivity contribution is 0.0773. The molecule has 0 aromatic heterocycles. The molecule has 2 fully saturated rings. The average Bonchev–Trinajstić information content (AvgIpc) is 2.80. The Balaban J connectivity index is 1.58. The number of nitrogens with one attached hydrogen (secondary N) is 1. The maximum atomic E-state index is 13.0. The summed E-state index contributed by atoms with van der Waals surface area (Å²) in [5, 5.41) is 3.09. The van der Waals surface area contributed by atoms with Crippen molar-refractivity contribution in [2.24, 2.45) is 0 Å². The molecular formula is C22H34N4O4S. The highest BCUT2D eigenvalue weighted by Crippen LogP contribution is 2.20. The van der Waals surface area contributed by atoms with Crippen LogP contribution in [0.15, 0.2) is 29.2 Å². The van der Waals surface area contributed by atoms with Crippen molar-refractivity contribution >= 4 is 22.0 Å². The van der Waals surface area contributed by atoms with Crippen LogP contribution in [0.25, 0.3) is 0 Å². The van der Waals surface area contributed by atoms with Gasteiger partial charge in [-0.15, -0.1) is 0 Å². The van der Waals surface area contributed by atoms with Gasteiger partial charge in [-0.05, 0) is 51.0 Å². The lowest BCUT2D eigenvalue weighted by atomic mass is 9.96. The molecule has 1 aliphatic carbocycles. The molecule has 1 N–H and O–H groups in total. The summed E-state index contributed by atoms with van der Waals surface area (Å²) in [6, 6.07) is 6.27. The SMILES string of the molecule is CCN(CC)C(=O)c1ccc(S(=O)(=O)N2CCN(C(=O)NC3CCCCC3)CC2)cc1. The van der Waals surface area contributed by atoms with Crippen molar-refractivity contribution in [1.29, 1.82) is 0 Å². The molecule has 0 radical (unpaired) electrons. The second-order valence-electron chi connectivity index (χ2n) is 8.18. The van der Waals surface area contributed by atoms with Gasteiger partial charge in [0.1, 0.15) is 0 Å². The van der Waals surface area contributed by atoms with E-state index in [1.807, 2.05) is 13.8 Å². The van der Waals surface area contributed by atoms with Gasteiger partial charge in [0.15, 0.2) is 0 Å². The molecule has 3 rings (SSSR count). The molecular weight excluding hydrogens is 416 g/mol. The molecule has 1 heterocycles. The first-order valence-electron chi connectivity index (χ1n) is 11.3. The number of rotatable bonds is 6. The zero-order chi connectivity index (χ0) is 22.4. The van der Waals surface area contributed by atoms with Crippen molar-refractivity contribution in [3.05, 3.63) is 29.8 Å². The predicted octanol–water partition coefficient (Wildman–Crippen LogP) is 2.52. The van der Waals surface area contributed by atoms with Crippen LogP contribution in [0.2, 0.25) is 0 Å². The van der Waals surface area contributed by atoms with Crippen molar-refractivity contribution in [3.8, 4) is 0 Å². The topological polar surface area (TPSA) is 90.0 Å². The molecule has 0 unspecified atom stereocenters. The van der Waals surface area contributed by atoms with Crippen LogP contribution in [0.5, 0.6) is 0 Å². The second-order valence-corrected chi connectivity index (χ2v) is 10.1. The number of carbonyl (C=O) groups excluding carboxylic acids is 2. The van der Waals surface area contributed by atoms with Crippen LogP contribution in [-0.2, 0) is 10.0 Å². The number of hydrogen-bond acceptors (Lipinski definition) is 4. The number of benzene rings is 1. The molecule has 9 heteroatoms. The van der Waals surface area contributed by atoms with Crippen LogP contribution in [0.3, 0.4) is 0 Å². The summed E-state index contributed by atoms with van der Waals surface area (Å²) in [5.74, 6) is -0.105. The largest absolute Gasteiger partial charge is 0.339 e. The lowest BCUT2D eigenvalue weighted by Gasteiger charge is -2.35. The van der Waals surface area contributed by atoms with Crippen molar-refractivity contribution in [3.63, 3.8) is 0 Å². The fourth-order valence-corrected chi connectivity index (χ4v) is 5.68. The first-order valence-corrected chi connectivity index (χ1v) is 12.8. The molecule has 1 saturated carbocycles. The highest BCUT2D eigenvalue weighted by Gasteiger charge is 2.31. The van der Waals surface area contributed by atoms with Gasteiger partial charge in [0.2, 0.25) is 10.0 Å². The number of piperazine rings is 1. The number of amides is 3. The van der Waals surface area contributed by atoms with Crippen molar-refractivity contribution in [2.45, 2.75) is 56.9 Å². The van der Waals surface area contributed by atoms with E-state index in [0.717, 1.165) is 25.7 Å².